The Kier molecular flexibility index (Phi) is 7.47. The van der Waals surface area contributed by atoms with E-state index in [1.54, 1.807) is 0 Å². The lowest BCUT2D eigenvalue weighted by Crippen LogP contribution is -2.36. The summed E-state index contributed by atoms with van der Waals surface area (Å²) in [6.45, 7) is -0.110. The van der Waals surface area contributed by atoms with Crippen LogP contribution in [0, 0.1) is 5.82 Å². The van der Waals surface area contributed by atoms with Gasteiger partial charge in [-0.2, -0.15) is 4.31 Å². The maximum Gasteiger partial charge on any atom is 0.338 e. The topological polar surface area (TPSA) is 106 Å². The molecular weight excluding hydrogens is 472 g/mol. The van der Waals surface area contributed by atoms with Crippen LogP contribution in [0.2, 0.25) is 10.0 Å². The third-order valence-electron chi connectivity index (χ3n) is 4.50. The second kappa shape index (κ2) is 9.90. The van der Waals surface area contributed by atoms with Gasteiger partial charge in [0.15, 0.2) is 12.4 Å². The second-order valence-electron chi connectivity index (χ2n) is 6.72. The van der Waals surface area contributed by atoms with E-state index in [9.17, 15) is 22.4 Å². The maximum absolute atomic E-state index is 14.3. The molecule has 2 heterocycles. The zero-order valence-electron chi connectivity index (χ0n) is 16.1. The van der Waals surface area contributed by atoms with E-state index >= 15 is 0 Å². The van der Waals surface area contributed by atoms with Crippen LogP contribution in [0.25, 0.3) is 0 Å². The lowest BCUT2D eigenvalue weighted by atomic mass is 10.2. The number of hydrogen-bond donors (Lipinski definition) is 1. The smallest absolute Gasteiger partial charge is 0.338 e. The fraction of sp³-hybridized carbons (Fsp3) is 0.316. The van der Waals surface area contributed by atoms with Crippen LogP contribution < -0.4 is 5.32 Å². The Labute approximate surface area is 188 Å². The highest BCUT2D eigenvalue weighted by Gasteiger charge is 2.29. The monoisotopic (exact) mass is 489 g/mol. The van der Waals surface area contributed by atoms with Crippen molar-refractivity contribution in [3.63, 3.8) is 0 Å². The third kappa shape index (κ3) is 5.70. The highest BCUT2D eigenvalue weighted by Crippen LogP contribution is 2.25. The molecule has 3 rings (SSSR count). The van der Waals surface area contributed by atoms with Crippen molar-refractivity contribution in [3.8, 4) is 0 Å². The normalized spacial score (nSPS) is 14.8. The molecule has 1 aliphatic heterocycles. The van der Waals surface area contributed by atoms with Gasteiger partial charge in [0.05, 0.1) is 15.6 Å². The quantitative estimate of drug-likeness (QED) is 0.622. The number of halogens is 3. The number of aromatic nitrogens is 1. The summed E-state index contributed by atoms with van der Waals surface area (Å²) in [6, 6.07) is 4.25. The minimum atomic E-state index is -4.09. The Balaban J connectivity index is 1.68. The number of esters is 1. The molecule has 0 radical (unpaired) electrons. The molecule has 0 spiro atoms. The van der Waals surface area contributed by atoms with Gasteiger partial charge in [-0.1, -0.05) is 29.6 Å². The molecule has 166 valence electrons. The number of carbonyl (C=O) groups is 2. The molecule has 1 aromatic carbocycles. The van der Waals surface area contributed by atoms with Crippen molar-refractivity contribution in [1.29, 1.82) is 0 Å². The summed E-state index contributed by atoms with van der Waals surface area (Å²) in [5.41, 5.74) is -0.201. The number of piperidine rings is 1. The second-order valence-corrected chi connectivity index (χ2v) is 9.47. The highest BCUT2D eigenvalue weighted by atomic mass is 35.5. The van der Waals surface area contributed by atoms with Crippen LogP contribution in [0.1, 0.15) is 29.6 Å². The minimum absolute atomic E-state index is 0.0313. The molecule has 31 heavy (non-hydrogen) atoms. The molecule has 1 N–H and O–H groups in total. The van der Waals surface area contributed by atoms with Crippen LogP contribution >= 0.6 is 23.2 Å². The van der Waals surface area contributed by atoms with Crippen molar-refractivity contribution in [1.82, 2.24) is 9.29 Å². The zero-order valence-corrected chi connectivity index (χ0v) is 18.4. The molecule has 12 heteroatoms. The number of anilines is 1. The predicted octanol–water partition coefficient (Wildman–Crippen LogP) is 3.50. The van der Waals surface area contributed by atoms with Crippen molar-refractivity contribution < 1.29 is 27.1 Å². The molecule has 1 saturated heterocycles. The summed E-state index contributed by atoms with van der Waals surface area (Å²) in [6.07, 6.45) is 3.55. The third-order valence-corrected chi connectivity index (χ3v) is 6.91. The average molecular weight is 490 g/mol. The van der Waals surface area contributed by atoms with E-state index in [0.717, 1.165) is 24.6 Å². The van der Waals surface area contributed by atoms with E-state index < -0.39 is 39.2 Å². The fourth-order valence-corrected chi connectivity index (χ4v) is 5.00. The minimum Gasteiger partial charge on any atom is -0.452 e. The Bertz CT molecular complexity index is 1110. The number of nitrogens with one attached hydrogen (secondary N) is 1. The number of ether oxygens (including phenoxy) is 1. The summed E-state index contributed by atoms with van der Waals surface area (Å²) < 4.78 is 45.8. The summed E-state index contributed by atoms with van der Waals surface area (Å²) in [5.74, 6) is -2.65. The number of carbonyl (C=O) groups excluding carboxylic acids is 2. The number of nitrogens with zero attached hydrogens (tertiary/aromatic N) is 2. The molecule has 0 unspecified atom stereocenters. The van der Waals surface area contributed by atoms with Crippen molar-refractivity contribution >= 4 is 50.9 Å². The predicted molar refractivity (Wildman–Crippen MR) is 112 cm³/mol. The number of amides is 1. The van der Waals surface area contributed by atoms with Crippen LogP contribution in [-0.4, -0.2) is 49.3 Å². The number of rotatable bonds is 6. The lowest BCUT2D eigenvalue weighted by Gasteiger charge is -2.26. The van der Waals surface area contributed by atoms with Crippen LogP contribution in [0.4, 0.5) is 10.2 Å². The molecule has 0 saturated carbocycles. The molecular formula is C19H18Cl2FN3O5S. The van der Waals surface area contributed by atoms with E-state index in [-0.39, 0.29) is 34.5 Å². The van der Waals surface area contributed by atoms with Gasteiger partial charge in [0.25, 0.3) is 5.91 Å². The molecule has 2 aromatic rings. The van der Waals surface area contributed by atoms with Crippen molar-refractivity contribution in [2.24, 2.45) is 0 Å². The van der Waals surface area contributed by atoms with Crippen LogP contribution in [-0.2, 0) is 19.6 Å². The van der Waals surface area contributed by atoms with Gasteiger partial charge in [0.1, 0.15) is 10.7 Å². The summed E-state index contributed by atoms with van der Waals surface area (Å²) in [7, 11) is -4.09. The fourth-order valence-electron chi connectivity index (χ4n) is 2.96. The van der Waals surface area contributed by atoms with E-state index in [1.165, 1.54) is 16.6 Å². The molecule has 0 bridgehead atoms. The van der Waals surface area contributed by atoms with Gasteiger partial charge in [-0.3, -0.25) is 4.79 Å². The lowest BCUT2D eigenvalue weighted by molar-refractivity contribution is -0.119. The summed E-state index contributed by atoms with van der Waals surface area (Å²) >= 11 is 11.6. The van der Waals surface area contributed by atoms with Crippen LogP contribution in [0.3, 0.4) is 0 Å². The van der Waals surface area contributed by atoms with E-state index in [0.29, 0.717) is 12.8 Å². The maximum atomic E-state index is 14.3. The molecule has 1 fully saturated rings. The molecule has 0 aliphatic carbocycles. The molecule has 8 nitrogen and oxygen atoms in total. The van der Waals surface area contributed by atoms with Crippen LogP contribution in [0.15, 0.2) is 35.4 Å². The Hall–Kier alpha value is -2.27. The molecule has 1 aromatic heterocycles. The van der Waals surface area contributed by atoms with Crippen molar-refractivity contribution in [2.75, 3.05) is 25.0 Å². The van der Waals surface area contributed by atoms with Gasteiger partial charge >= 0.3 is 5.97 Å². The zero-order chi connectivity index (χ0) is 22.6. The number of benzene rings is 1. The highest BCUT2D eigenvalue weighted by molar-refractivity contribution is 7.89. The number of pyridine rings is 1. The Morgan fingerprint density at radius 1 is 1.16 bits per heavy atom. The van der Waals surface area contributed by atoms with Crippen LogP contribution in [0.5, 0.6) is 0 Å². The molecule has 0 atom stereocenters. The number of sulfonamides is 1. The van der Waals surface area contributed by atoms with E-state index in [2.05, 4.69) is 10.3 Å². The van der Waals surface area contributed by atoms with Gasteiger partial charge in [0.2, 0.25) is 10.0 Å². The molecule has 1 aliphatic rings. The standard InChI is InChI=1S/C19H18Cl2FN3O5S/c20-13-9-14(21)18(23-10-13)24-17(26)11-30-19(27)12-4-5-15(22)16(8-12)31(28,29)25-6-2-1-3-7-25/h4-5,8-10H,1-3,6-7,11H2,(H,23,24,26). The summed E-state index contributed by atoms with van der Waals surface area (Å²) in [5, 5.41) is 2.73. The first-order valence-electron chi connectivity index (χ1n) is 9.26. The van der Waals surface area contributed by atoms with Gasteiger partial charge in [0, 0.05) is 19.3 Å². The van der Waals surface area contributed by atoms with Crippen molar-refractivity contribution in [3.05, 3.63) is 51.9 Å². The van der Waals surface area contributed by atoms with E-state index in [1.807, 2.05) is 0 Å². The number of hydrogen-bond acceptors (Lipinski definition) is 6. The van der Waals surface area contributed by atoms with Gasteiger partial charge in [-0.05, 0) is 37.1 Å². The first-order valence-corrected chi connectivity index (χ1v) is 11.5. The molecule has 1 amide bonds. The summed E-state index contributed by atoms with van der Waals surface area (Å²) in [4.78, 5) is 27.5. The van der Waals surface area contributed by atoms with E-state index in [4.69, 9.17) is 27.9 Å². The van der Waals surface area contributed by atoms with Crippen molar-refractivity contribution in [2.45, 2.75) is 24.2 Å². The van der Waals surface area contributed by atoms with Gasteiger partial charge in [-0.15, -0.1) is 0 Å². The largest absolute Gasteiger partial charge is 0.452 e. The first kappa shape index (κ1) is 23.4. The Morgan fingerprint density at radius 3 is 2.55 bits per heavy atom. The SMILES string of the molecule is O=C(COC(=O)c1ccc(F)c(S(=O)(=O)N2CCCCC2)c1)Nc1ncc(Cl)cc1Cl. The first-order chi connectivity index (χ1) is 14.7. The van der Waals surface area contributed by atoms with Gasteiger partial charge in [-0.25, -0.2) is 22.6 Å². The Morgan fingerprint density at radius 2 is 1.87 bits per heavy atom. The average Bonchev–Trinajstić information content (AvgIpc) is 2.75. The van der Waals surface area contributed by atoms with Gasteiger partial charge < -0.3 is 10.1 Å².